The molecule has 0 heterocycles. The molecule has 0 bridgehead atoms. The van der Waals surface area contributed by atoms with Crippen LogP contribution in [0.5, 0.6) is 11.5 Å². The summed E-state index contributed by atoms with van der Waals surface area (Å²) >= 11 is 0. The topological polar surface area (TPSA) is 35.5 Å². The Hall–Kier alpha value is -1.77. The van der Waals surface area contributed by atoms with Gasteiger partial charge < -0.3 is 14.3 Å². The van der Waals surface area contributed by atoms with E-state index >= 15 is 0 Å². The Morgan fingerprint density at radius 3 is 2.56 bits per heavy atom. The molecular formula is C15H20O3. The van der Waals surface area contributed by atoms with Gasteiger partial charge in [0.15, 0.2) is 0 Å². The van der Waals surface area contributed by atoms with Gasteiger partial charge in [-0.15, -0.1) is 0 Å². The van der Waals surface area contributed by atoms with Crippen molar-refractivity contribution in [3.8, 4) is 11.5 Å². The van der Waals surface area contributed by atoms with Crippen molar-refractivity contribution in [1.82, 2.24) is 0 Å². The largest absolute Gasteiger partial charge is 0.496 e. The number of rotatable bonds is 6. The molecule has 1 aromatic carbocycles. The van der Waals surface area contributed by atoms with Crippen molar-refractivity contribution in [2.24, 2.45) is 0 Å². The fourth-order valence-electron chi connectivity index (χ4n) is 1.81. The molecule has 0 spiro atoms. The summed E-state index contributed by atoms with van der Waals surface area (Å²) in [7, 11) is 3.29. The zero-order valence-electron chi connectivity index (χ0n) is 11.4. The van der Waals surface area contributed by atoms with E-state index in [1.807, 2.05) is 31.2 Å². The highest BCUT2D eigenvalue weighted by Gasteiger charge is 2.08. The lowest BCUT2D eigenvalue weighted by Crippen LogP contribution is -1.94. The molecule has 0 amide bonds. The van der Waals surface area contributed by atoms with Crippen molar-refractivity contribution >= 4 is 11.9 Å². The Morgan fingerprint density at radius 2 is 2.00 bits per heavy atom. The van der Waals surface area contributed by atoms with Crippen LogP contribution in [0.2, 0.25) is 0 Å². The van der Waals surface area contributed by atoms with Gasteiger partial charge in [-0.2, -0.15) is 0 Å². The monoisotopic (exact) mass is 248 g/mol. The van der Waals surface area contributed by atoms with Crippen molar-refractivity contribution in [1.29, 1.82) is 0 Å². The van der Waals surface area contributed by atoms with Crippen LogP contribution in [-0.2, 0) is 4.79 Å². The Kier molecular flexibility index (Phi) is 5.43. The van der Waals surface area contributed by atoms with Crippen LogP contribution in [-0.4, -0.2) is 20.0 Å². The molecule has 0 aliphatic heterocycles. The number of carbonyl (C=O) groups excluding carboxylic acids is 1. The first kappa shape index (κ1) is 14.3. The standard InChI is InChI=1S/C15H20O3/c1-11(16)7-5-6-8-13-9-10-14(17-3)12(2)15(13)18-4/h6,8-10H,5,7H2,1-4H3/b8-6+. The number of ether oxygens (including phenoxy) is 2. The minimum absolute atomic E-state index is 0.206. The summed E-state index contributed by atoms with van der Waals surface area (Å²) in [6, 6.07) is 3.87. The van der Waals surface area contributed by atoms with Gasteiger partial charge in [0.25, 0.3) is 0 Å². The highest BCUT2D eigenvalue weighted by Crippen LogP contribution is 2.32. The van der Waals surface area contributed by atoms with Gasteiger partial charge in [0.1, 0.15) is 17.3 Å². The molecule has 0 aliphatic carbocycles. The first-order chi connectivity index (χ1) is 8.60. The lowest BCUT2D eigenvalue weighted by Gasteiger charge is -2.12. The molecule has 0 aliphatic rings. The van der Waals surface area contributed by atoms with E-state index in [4.69, 9.17) is 9.47 Å². The van der Waals surface area contributed by atoms with Crippen LogP contribution in [0.25, 0.3) is 6.08 Å². The summed E-state index contributed by atoms with van der Waals surface area (Å²) in [6.45, 7) is 3.57. The van der Waals surface area contributed by atoms with Crippen molar-refractivity contribution in [2.45, 2.75) is 26.7 Å². The second-order valence-corrected chi connectivity index (χ2v) is 4.16. The third kappa shape index (κ3) is 3.62. The number of Topliss-reactive ketones (excluding diaryl/α,β-unsaturated/α-hetero) is 1. The number of ketones is 1. The summed E-state index contributed by atoms with van der Waals surface area (Å²) in [4.78, 5) is 10.8. The molecule has 1 aromatic rings. The van der Waals surface area contributed by atoms with Crippen LogP contribution in [0, 0.1) is 6.92 Å². The normalized spacial score (nSPS) is 10.7. The maximum Gasteiger partial charge on any atom is 0.132 e. The van der Waals surface area contributed by atoms with Crippen LogP contribution in [0.15, 0.2) is 18.2 Å². The van der Waals surface area contributed by atoms with E-state index in [0.717, 1.165) is 29.0 Å². The number of benzene rings is 1. The summed E-state index contributed by atoms with van der Waals surface area (Å²) in [5.41, 5.74) is 1.98. The number of allylic oxidation sites excluding steroid dienone is 1. The molecule has 3 heteroatoms. The van der Waals surface area contributed by atoms with E-state index in [1.165, 1.54) is 0 Å². The van der Waals surface area contributed by atoms with E-state index < -0.39 is 0 Å². The number of hydrogen-bond donors (Lipinski definition) is 0. The maximum atomic E-state index is 10.8. The molecule has 18 heavy (non-hydrogen) atoms. The minimum atomic E-state index is 0.206. The van der Waals surface area contributed by atoms with E-state index in [0.29, 0.717) is 6.42 Å². The zero-order chi connectivity index (χ0) is 13.5. The van der Waals surface area contributed by atoms with Crippen molar-refractivity contribution in [3.63, 3.8) is 0 Å². The van der Waals surface area contributed by atoms with Crippen LogP contribution < -0.4 is 9.47 Å². The third-order valence-corrected chi connectivity index (χ3v) is 2.77. The van der Waals surface area contributed by atoms with Gasteiger partial charge in [-0.25, -0.2) is 0 Å². The number of methoxy groups -OCH3 is 2. The predicted octanol–water partition coefficient (Wildman–Crippen LogP) is 3.39. The molecule has 3 nitrogen and oxygen atoms in total. The average molecular weight is 248 g/mol. The maximum absolute atomic E-state index is 10.8. The van der Waals surface area contributed by atoms with Gasteiger partial charge in [-0.05, 0) is 32.4 Å². The van der Waals surface area contributed by atoms with Crippen LogP contribution >= 0.6 is 0 Å². The Labute approximate surface area is 108 Å². The Bertz CT molecular complexity index is 447. The zero-order valence-corrected chi connectivity index (χ0v) is 11.4. The second kappa shape index (κ2) is 6.84. The highest BCUT2D eigenvalue weighted by atomic mass is 16.5. The fourth-order valence-corrected chi connectivity index (χ4v) is 1.81. The lowest BCUT2D eigenvalue weighted by molar-refractivity contribution is -0.116. The molecule has 0 N–H and O–H groups in total. The van der Waals surface area contributed by atoms with Gasteiger partial charge in [-0.1, -0.05) is 12.2 Å². The van der Waals surface area contributed by atoms with E-state index in [9.17, 15) is 4.79 Å². The van der Waals surface area contributed by atoms with Crippen LogP contribution in [0.4, 0.5) is 0 Å². The first-order valence-corrected chi connectivity index (χ1v) is 5.97. The molecule has 0 saturated heterocycles. The second-order valence-electron chi connectivity index (χ2n) is 4.16. The molecule has 0 saturated carbocycles. The van der Waals surface area contributed by atoms with Gasteiger partial charge >= 0.3 is 0 Å². The SMILES string of the molecule is COc1ccc(/C=C/CCC(C)=O)c(OC)c1C. The quantitative estimate of drug-likeness (QED) is 0.774. The summed E-state index contributed by atoms with van der Waals surface area (Å²) in [6.07, 6.45) is 5.30. The predicted molar refractivity (Wildman–Crippen MR) is 73.2 cm³/mol. The van der Waals surface area contributed by atoms with Crippen LogP contribution in [0.3, 0.4) is 0 Å². The van der Waals surface area contributed by atoms with Gasteiger partial charge in [0.05, 0.1) is 14.2 Å². The molecule has 0 atom stereocenters. The highest BCUT2D eigenvalue weighted by molar-refractivity contribution is 5.75. The van der Waals surface area contributed by atoms with E-state index in [1.54, 1.807) is 21.1 Å². The van der Waals surface area contributed by atoms with Crippen molar-refractivity contribution < 1.29 is 14.3 Å². The molecular weight excluding hydrogens is 228 g/mol. The Balaban J connectivity index is 2.89. The molecule has 1 rings (SSSR count). The molecule has 0 fully saturated rings. The minimum Gasteiger partial charge on any atom is -0.496 e. The van der Waals surface area contributed by atoms with Gasteiger partial charge in [0, 0.05) is 17.5 Å². The van der Waals surface area contributed by atoms with Gasteiger partial charge in [-0.3, -0.25) is 0 Å². The van der Waals surface area contributed by atoms with E-state index in [2.05, 4.69) is 0 Å². The fraction of sp³-hybridized carbons (Fsp3) is 0.400. The third-order valence-electron chi connectivity index (χ3n) is 2.77. The number of carbonyl (C=O) groups is 1. The smallest absolute Gasteiger partial charge is 0.132 e. The average Bonchev–Trinajstić information content (AvgIpc) is 2.34. The molecule has 0 unspecified atom stereocenters. The van der Waals surface area contributed by atoms with Gasteiger partial charge in [0.2, 0.25) is 0 Å². The Morgan fingerprint density at radius 1 is 1.28 bits per heavy atom. The van der Waals surface area contributed by atoms with Crippen molar-refractivity contribution in [3.05, 3.63) is 29.3 Å². The lowest BCUT2D eigenvalue weighted by atomic mass is 10.1. The first-order valence-electron chi connectivity index (χ1n) is 5.97. The van der Waals surface area contributed by atoms with Crippen LogP contribution in [0.1, 0.15) is 30.9 Å². The van der Waals surface area contributed by atoms with Crippen molar-refractivity contribution in [2.75, 3.05) is 14.2 Å². The summed E-state index contributed by atoms with van der Waals surface area (Å²) in [5, 5.41) is 0. The summed E-state index contributed by atoms with van der Waals surface area (Å²) in [5.74, 6) is 1.83. The summed E-state index contributed by atoms with van der Waals surface area (Å²) < 4.78 is 10.6. The number of hydrogen-bond acceptors (Lipinski definition) is 3. The van der Waals surface area contributed by atoms with E-state index in [-0.39, 0.29) is 5.78 Å². The molecule has 98 valence electrons. The molecule has 0 aromatic heterocycles. The molecule has 0 radical (unpaired) electrons.